The van der Waals surface area contributed by atoms with E-state index in [1.165, 1.54) is 12.1 Å². The summed E-state index contributed by atoms with van der Waals surface area (Å²) >= 11 is 0. The third-order valence-corrected chi connectivity index (χ3v) is 6.90. The first-order chi connectivity index (χ1) is 15.9. The Kier molecular flexibility index (Phi) is 6.69. The number of H-pyrrole nitrogens is 1. The van der Waals surface area contributed by atoms with Crippen molar-refractivity contribution in [3.8, 4) is 5.75 Å². The molecule has 1 saturated heterocycles. The smallest absolute Gasteiger partial charge is 0.284 e. The molecule has 9 heteroatoms. The molecule has 0 bridgehead atoms. The number of aromatic amines is 1. The molecule has 1 aliphatic rings. The number of anilines is 1. The SMILES string of the molecule is CCOc1ccc2cc(C(=O)Nc3cccc(S(=O)(=O)N=C4CCCCCN4C)c3)[nH]c2c1. The van der Waals surface area contributed by atoms with Crippen molar-refractivity contribution in [2.24, 2.45) is 4.40 Å². The number of ether oxygens (including phenoxy) is 1. The number of amidine groups is 1. The molecule has 0 radical (unpaired) electrons. The topological polar surface area (TPSA) is 104 Å². The van der Waals surface area contributed by atoms with Gasteiger partial charge in [-0.1, -0.05) is 12.5 Å². The molecular formula is C24H28N4O4S. The number of likely N-dealkylation sites (tertiary alicyclic amines) is 1. The van der Waals surface area contributed by atoms with Gasteiger partial charge in [-0.25, -0.2) is 0 Å². The second-order valence-corrected chi connectivity index (χ2v) is 9.67. The highest BCUT2D eigenvalue weighted by molar-refractivity contribution is 7.90. The Balaban J connectivity index is 1.54. The van der Waals surface area contributed by atoms with E-state index in [9.17, 15) is 13.2 Å². The molecule has 3 aromatic rings. The van der Waals surface area contributed by atoms with Gasteiger partial charge in [-0.2, -0.15) is 8.42 Å². The predicted molar refractivity (Wildman–Crippen MR) is 130 cm³/mol. The Bertz CT molecular complexity index is 1300. The number of hydrogen-bond acceptors (Lipinski definition) is 4. The highest BCUT2D eigenvalue weighted by Gasteiger charge is 2.19. The molecule has 33 heavy (non-hydrogen) atoms. The maximum absolute atomic E-state index is 12.9. The van der Waals surface area contributed by atoms with Crippen molar-refractivity contribution < 1.29 is 17.9 Å². The van der Waals surface area contributed by atoms with Crippen LogP contribution in [0, 0.1) is 0 Å². The molecule has 174 valence electrons. The number of sulfonamides is 1. The predicted octanol–water partition coefficient (Wildman–Crippen LogP) is 4.41. The van der Waals surface area contributed by atoms with E-state index in [2.05, 4.69) is 14.7 Å². The second-order valence-electron chi connectivity index (χ2n) is 8.06. The van der Waals surface area contributed by atoms with Crippen molar-refractivity contribution in [1.29, 1.82) is 0 Å². The molecule has 0 spiro atoms. The molecule has 0 saturated carbocycles. The number of carbonyl (C=O) groups is 1. The van der Waals surface area contributed by atoms with Gasteiger partial charge in [0.25, 0.3) is 15.9 Å². The lowest BCUT2D eigenvalue weighted by molar-refractivity contribution is 0.102. The molecule has 2 N–H and O–H groups in total. The number of hydrogen-bond donors (Lipinski definition) is 2. The van der Waals surface area contributed by atoms with Gasteiger partial charge in [-0.05, 0) is 56.2 Å². The number of nitrogens with zero attached hydrogens (tertiary/aromatic N) is 2. The lowest BCUT2D eigenvalue weighted by atomic mass is 10.2. The standard InChI is InChI=1S/C24H28N4O4S/c1-3-32-19-12-11-17-14-22(26-21(17)16-19)24(29)25-18-8-7-9-20(15-18)33(30,31)27-23-10-5-4-6-13-28(23)2/h7-9,11-12,14-16,26H,3-6,10,13H2,1-2H3,(H,25,29). The lowest BCUT2D eigenvalue weighted by Gasteiger charge is -2.17. The van der Waals surface area contributed by atoms with Crippen LogP contribution < -0.4 is 10.1 Å². The van der Waals surface area contributed by atoms with Gasteiger partial charge in [0.1, 0.15) is 17.3 Å². The maximum atomic E-state index is 12.9. The molecular weight excluding hydrogens is 440 g/mol. The third kappa shape index (κ3) is 5.36. The van der Waals surface area contributed by atoms with Crippen LogP contribution in [0.5, 0.6) is 5.75 Å². The van der Waals surface area contributed by atoms with Crippen molar-refractivity contribution in [3.05, 3.63) is 54.2 Å². The van der Waals surface area contributed by atoms with Gasteiger partial charge < -0.3 is 19.9 Å². The van der Waals surface area contributed by atoms with Gasteiger partial charge in [0, 0.05) is 42.7 Å². The number of rotatable bonds is 6. The van der Waals surface area contributed by atoms with Crippen LogP contribution in [-0.2, 0) is 10.0 Å². The summed E-state index contributed by atoms with van der Waals surface area (Å²) in [5.41, 5.74) is 1.53. The molecule has 8 nitrogen and oxygen atoms in total. The largest absolute Gasteiger partial charge is 0.494 e. The van der Waals surface area contributed by atoms with Crippen molar-refractivity contribution in [1.82, 2.24) is 9.88 Å². The van der Waals surface area contributed by atoms with Crippen LogP contribution in [0.3, 0.4) is 0 Å². The number of nitrogens with one attached hydrogen (secondary N) is 2. The normalized spacial score (nSPS) is 16.1. The van der Waals surface area contributed by atoms with Crippen LogP contribution in [0.4, 0.5) is 5.69 Å². The Hall–Kier alpha value is -3.33. The van der Waals surface area contributed by atoms with Gasteiger partial charge in [0.2, 0.25) is 0 Å². The molecule has 1 aliphatic heterocycles. The number of aromatic nitrogens is 1. The van der Waals surface area contributed by atoms with E-state index in [1.54, 1.807) is 18.2 Å². The Morgan fingerprint density at radius 3 is 2.82 bits per heavy atom. The minimum absolute atomic E-state index is 0.0449. The van der Waals surface area contributed by atoms with E-state index in [1.807, 2.05) is 37.1 Å². The summed E-state index contributed by atoms with van der Waals surface area (Å²) in [7, 11) is -2.02. The van der Waals surface area contributed by atoms with E-state index in [-0.39, 0.29) is 10.8 Å². The molecule has 0 aliphatic carbocycles. The van der Waals surface area contributed by atoms with Crippen molar-refractivity contribution >= 4 is 38.4 Å². The monoisotopic (exact) mass is 468 g/mol. The summed E-state index contributed by atoms with van der Waals surface area (Å²) in [6.07, 6.45) is 3.65. The van der Waals surface area contributed by atoms with Gasteiger partial charge >= 0.3 is 0 Å². The van der Waals surface area contributed by atoms with Crippen LogP contribution in [0.1, 0.15) is 43.1 Å². The average Bonchev–Trinajstić information content (AvgIpc) is 3.12. The molecule has 4 rings (SSSR count). The summed E-state index contributed by atoms with van der Waals surface area (Å²) in [5, 5.41) is 3.65. The molecule has 1 amide bonds. The van der Waals surface area contributed by atoms with Gasteiger partial charge in [-0.15, -0.1) is 4.40 Å². The second kappa shape index (κ2) is 9.66. The lowest BCUT2D eigenvalue weighted by Crippen LogP contribution is -2.26. The zero-order valence-corrected chi connectivity index (χ0v) is 19.6. The van der Waals surface area contributed by atoms with Gasteiger partial charge in [0.15, 0.2) is 0 Å². The fraction of sp³-hybridized carbons (Fsp3) is 0.333. The van der Waals surface area contributed by atoms with Gasteiger partial charge in [-0.3, -0.25) is 4.79 Å². The quantitative estimate of drug-likeness (QED) is 0.558. The average molecular weight is 469 g/mol. The minimum atomic E-state index is -3.89. The van der Waals surface area contributed by atoms with Gasteiger partial charge in [0.05, 0.1) is 11.5 Å². The van der Waals surface area contributed by atoms with E-state index in [0.29, 0.717) is 30.2 Å². The fourth-order valence-corrected chi connectivity index (χ4v) is 4.99. The van der Waals surface area contributed by atoms with Crippen LogP contribution >= 0.6 is 0 Å². The minimum Gasteiger partial charge on any atom is -0.494 e. The molecule has 2 aromatic carbocycles. The van der Waals surface area contributed by atoms with E-state index in [4.69, 9.17) is 4.74 Å². The number of fused-ring (bicyclic) bond motifs is 1. The summed E-state index contributed by atoms with van der Waals surface area (Å²) in [6.45, 7) is 3.26. The molecule has 0 unspecified atom stereocenters. The summed E-state index contributed by atoms with van der Waals surface area (Å²) in [4.78, 5) is 17.8. The van der Waals surface area contributed by atoms with Crippen molar-refractivity contribution in [2.45, 2.75) is 37.5 Å². The number of amides is 1. The summed E-state index contributed by atoms with van der Waals surface area (Å²) in [6, 6.07) is 13.5. The van der Waals surface area contributed by atoms with Crippen LogP contribution in [-0.4, -0.2) is 50.2 Å². The van der Waals surface area contributed by atoms with E-state index >= 15 is 0 Å². The summed E-state index contributed by atoms with van der Waals surface area (Å²) < 4.78 is 35.4. The number of carbonyl (C=O) groups excluding carboxylic acids is 1. The van der Waals surface area contributed by atoms with Crippen molar-refractivity contribution in [2.75, 3.05) is 25.5 Å². The van der Waals surface area contributed by atoms with Crippen LogP contribution in [0.15, 0.2) is 57.8 Å². The Morgan fingerprint density at radius 2 is 2.00 bits per heavy atom. The Labute approximate surface area is 193 Å². The number of benzene rings is 2. The molecule has 0 atom stereocenters. The Morgan fingerprint density at radius 1 is 1.15 bits per heavy atom. The first-order valence-electron chi connectivity index (χ1n) is 11.1. The zero-order chi connectivity index (χ0) is 23.4. The molecule has 1 fully saturated rings. The summed E-state index contributed by atoms with van der Waals surface area (Å²) in [5.74, 6) is 0.928. The molecule has 1 aromatic heterocycles. The first kappa shape index (κ1) is 22.8. The highest BCUT2D eigenvalue weighted by Crippen LogP contribution is 2.23. The van der Waals surface area contributed by atoms with E-state index in [0.717, 1.165) is 42.5 Å². The van der Waals surface area contributed by atoms with Crippen LogP contribution in [0.25, 0.3) is 10.9 Å². The maximum Gasteiger partial charge on any atom is 0.284 e. The fourth-order valence-electron chi connectivity index (χ4n) is 3.85. The zero-order valence-electron chi connectivity index (χ0n) is 18.8. The van der Waals surface area contributed by atoms with Crippen LogP contribution in [0.2, 0.25) is 0 Å². The highest BCUT2D eigenvalue weighted by atomic mass is 32.2. The molecule has 2 heterocycles. The van der Waals surface area contributed by atoms with E-state index < -0.39 is 10.0 Å². The first-order valence-corrected chi connectivity index (χ1v) is 12.5. The van der Waals surface area contributed by atoms with Crippen molar-refractivity contribution in [3.63, 3.8) is 0 Å². The third-order valence-electron chi connectivity index (χ3n) is 5.60.